The van der Waals surface area contributed by atoms with E-state index >= 15 is 0 Å². The summed E-state index contributed by atoms with van der Waals surface area (Å²) in [6.45, 7) is 6.68. The molecule has 15 heavy (non-hydrogen) atoms. The van der Waals surface area contributed by atoms with E-state index < -0.39 is 5.54 Å². The van der Waals surface area contributed by atoms with Gasteiger partial charge in [-0.05, 0) is 13.8 Å². The molecule has 0 aromatic carbocycles. The maximum atomic E-state index is 11.7. The lowest BCUT2D eigenvalue weighted by Gasteiger charge is -2.45. The summed E-state index contributed by atoms with van der Waals surface area (Å²) in [5.74, 6) is 0.0489. The molecule has 5 nitrogen and oxygen atoms in total. The number of aliphatic hydroxyl groups is 1. The second kappa shape index (κ2) is 3.73. The highest BCUT2D eigenvalue weighted by Crippen LogP contribution is 2.23. The maximum absolute atomic E-state index is 11.7. The highest BCUT2D eigenvalue weighted by molar-refractivity contribution is 5.86. The number of aliphatic hydroxyl groups excluding tert-OH is 1. The standard InChI is InChI=1S/C10H19N3O2/c1-10(2)9(15)12-3-4-13(10)7-5-11-6-8(7)14/h7-8,11,14H,3-6H2,1-2H3,(H,12,15). The van der Waals surface area contributed by atoms with E-state index in [1.165, 1.54) is 0 Å². The average Bonchev–Trinajstić information content (AvgIpc) is 2.57. The van der Waals surface area contributed by atoms with Crippen molar-refractivity contribution in [1.29, 1.82) is 0 Å². The lowest BCUT2D eigenvalue weighted by molar-refractivity contribution is -0.138. The van der Waals surface area contributed by atoms with Gasteiger partial charge in [0.1, 0.15) is 0 Å². The lowest BCUT2D eigenvalue weighted by Crippen LogP contribution is -2.66. The zero-order valence-corrected chi connectivity index (χ0v) is 9.29. The first-order valence-electron chi connectivity index (χ1n) is 5.47. The smallest absolute Gasteiger partial charge is 0.240 e. The monoisotopic (exact) mass is 213 g/mol. The maximum Gasteiger partial charge on any atom is 0.240 e. The molecule has 0 aliphatic carbocycles. The van der Waals surface area contributed by atoms with Gasteiger partial charge in [-0.1, -0.05) is 0 Å². The molecule has 0 spiro atoms. The molecule has 0 aromatic rings. The van der Waals surface area contributed by atoms with Gasteiger partial charge in [0.05, 0.1) is 17.7 Å². The molecule has 0 aromatic heterocycles. The van der Waals surface area contributed by atoms with Crippen molar-refractivity contribution in [3.8, 4) is 0 Å². The van der Waals surface area contributed by atoms with Gasteiger partial charge in [0.15, 0.2) is 0 Å². The van der Waals surface area contributed by atoms with Gasteiger partial charge in [-0.2, -0.15) is 0 Å². The number of hydrogen-bond acceptors (Lipinski definition) is 4. The molecule has 2 saturated heterocycles. The second-order valence-electron chi connectivity index (χ2n) is 4.80. The van der Waals surface area contributed by atoms with Crippen molar-refractivity contribution in [2.45, 2.75) is 31.5 Å². The summed E-state index contributed by atoms with van der Waals surface area (Å²) in [5, 5.41) is 15.8. The first kappa shape index (κ1) is 10.9. The van der Waals surface area contributed by atoms with E-state index in [-0.39, 0.29) is 18.1 Å². The number of nitrogens with zero attached hydrogens (tertiary/aromatic N) is 1. The minimum Gasteiger partial charge on any atom is -0.390 e. The van der Waals surface area contributed by atoms with Crippen molar-refractivity contribution in [3.05, 3.63) is 0 Å². The minimum absolute atomic E-state index is 0.0489. The van der Waals surface area contributed by atoms with E-state index in [2.05, 4.69) is 15.5 Å². The molecule has 0 radical (unpaired) electrons. The Bertz CT molecular complexity index is 267. The van der Waals surface area contributed by atoms with Gasteiger partial charge >= 0.3 is 0 Å². The number of amides is 1. The molecule has 2 rings (SSSR count). The quantitative estimate of drug-likeness (QED) is 0.497. The summed E-state index contributed by atoms with van der Waals surface area (Å²) in [6, 6.07) is 0.0612. The topological polar surface area (TPSA) is 64.6 Å². The third-order valence-electron chi connectivity index (χ3n) is 3.46. The molecular formula is C10H19N3O2. The van der Waals surface area contributed by atoms with Crippen LogP contribution in [0.15, 0.2) is 0 Å². The molecule has 5 heteroatoms. The molecule has 2 aliphatic heterocycles. The summed E-state index contributed by atoms with van der Waals surface area (Å²) < 4.78 is 0. The van der Waals surface area contributed by atoms with Crippen molar-refractivity contribution in [1.82, 2.24) is 15.5 Å². The molecule has 3 N–H and O–H groups in total. The minimum atomic E-state index is -0.518. The fraction of sp³-hybridized carbons (Fsp3) is 0.900. The van der Waals surface area contributed by atoms with Crippen LogP contribution in [0.1, 0.15) is 13.8 Å². The van der Waals surface area contributed by atoms with E-state index in [0.29, 0.717) is 13.1 Å². The van der Waals surface area contributed by atoms with Crippen LogP contribution in [0.2, 0.25) is 0 Å². The fourth-order valence-corrected chi connectivity index (χ4v) is 2.47. The number of rotatable bonds is 1. The van der Waals surface area contributed by atoms with Crippen molar-refractivity contribution in [3.63, 3.8) is 0 Å². The number of β-amino-alcohol motifs (C(OH)–C–C–N with tert-alkyl or cyclic N) is 1. The van der Waals surface area contributed by atoms with Gasteiger partial charge in [-0.25, -0.2) is 0 Å². The number of carbonyl (C=O) groups is 1. The third-order valence-corrected chi connectivity index (χ3v) is 3.46. The van der Waals surface area contributed by atoms with Crippen LogP contribution in [0, 0.1) is 0 Å². The summed E-state index contributed by atoms with van der Waals surface area (Å²) >= 11 is 0. The Balaban J connectivity index is 2.16. The molecule has 2 unspecified atom stereocenters. The van der Waals surface area contributed by atoms with Crippen molar-refractivity contribution in [2.24, 2.45) is 0 Å². The van der Waals surface area contributed by atoms with Crippen LogP contribution in [0.25, 0.3) is 0 Å². The van der Waals surface area contributed by atoms with Gasteiger partial charge in [0.2, 0.25) is 5.91 Å². The van der Waals surface area contributed by atoms with Crippen LogP contribution < -0.4 is 10.6 Å². The van der Waals surface area contributed by atoms with E-state index in [1.54, 1.807) is 0 Å². The van der Waals surface area contributed by atoms with Crippen LogP contribution in [-0.2, 0) is 4.79 Å². The zero-order chi connectivity index (χ0) is 11.1. The van der Waals surface area contributed by atoms with E-state index in [1.807, 2.05) is 13.8 Å². The SMILES string of the molecule is CC1(C)C(=O)NCCN1C1CNCC1O. The van der Waals surface area contributed by atoms with Crippen LogP contribution in [0.5, 0.6) is 0 Å². The second-order valence-corrected chi connectivity index (χ2v) is 4.80. The van der Waals surface area contributed by atoms with Crippen LogP contribution in [-0.4, -0.2) is 59.8 Å². The van der Waals surface area contributed by atoms with Crippen LogP contribution >= 0.6 is 0 Å². The first-order chi connectivity index (χ1) is 7.03. The van der Waals surface area contributed by atoms with Gasteiger partial charge in [0, 0.05) is 26.2 Å². The van der Waals surface area contributed by atoms with Gasteiger partial charge < -0.3 is 15.7 Å². The number of hydrogen-bond donors (Lipinski definition) is 3. The Morgan fingerprint density at radius 1 is 1.47 bits per heavy atom. The Morgan fingerprint density at radius 3 is 2.80 bits per heavy atom. The third kappa shape index (κ3) is 1.75. The van der Waals surface area contributed by atoms with Gasteiger partial charge in [-0.3, -0.25) is 9.69 Å². The highest BCUT2D eigenvalue weighted by atomic mass is 16.3. The molecular weight excluding hydrogens is 194 g/mol. The predicted molar refractivity (Wildman–Crippen MR) is 56.5 cm³/mol. The van der Waals surface area contributed by atoms with E-state index in [9.17, 15) is 9.90 Å². The molecule has 2 heterocycles. The first-order valence-corrected chi connectivity index (χ1v) is 5.47. The average molecular weight is 213 g/mol. The molecule has 2 fully saturated rings. The Kier molecular flexibility index (Phi) is 2.70. The molecule has 86 valence electrons. The summed E-state index contributed by atoms with van der Waals surface area (Å²) in [4.78, 5) is 13.8. The van der Waals surface area contributed by atoms with Crippen molar-refractivity contribution >= 4 is 5.91 Å². The number of carbonyl (C=O) groups excluding carboxylic acids is 1. The molecule has 2 atom stereocenters. The normalized spacial score (nSPS) is 36.6. The largest absolute Gasteiger partial charge is 0.390 e. The predicted octanol–water partition coefficient (Wildman–Crippen LogP) is -1.47. The van der Waals surface area contributed by atoms with Crippen molar-refractivity contribution in [2.75, 3.05) is 26.2 Å². The summed E-state index contributed by atoms with van der Waals surface area (Å²) in [5.41, 5.74) is -0.518. The van der Waals surface area contributed by atoms with Gasteiger partial charge in [-0.15, -0.1) is 0 Å². The number of piperazine rings is 1. The fourth-order valence-electron chi connectivity index (χ4n) is 2.47. The Labute approximate surface area is 89.8 Å². The zero-order valence-electron chi connectivity index (χ0n) is 9.29. The number of nitrogens with one attached hydrogen (secondary N) is 2. The summed E-state index contributed by atoms with van der Waals surface area (Å²) in [6.07, 6.45) is -0.366. The molecule has 0 saturated carbocycles. The van der Waals surface area contributed by atoms with Crippen molar-refractivity contribution < 1.29 is 9.90 Å². The van der Waals surface area contributed by atoms with Crippen LogP contribution in [0.4, 0.5) is 0 Å². The highest BCUT2D eigenvalue weighted by Gasteiger charge is 2.44. The Morgan fingerprint density at radius 2 is 2.20 bits per heavy atom. The molecule has 0 bridgehead atoms. The van der Waals surface area contributed by atoms with Crippen LogP contribution in [0.3, 0.4) is 0 Å². The summed E-state index contributed by atoms with van der Waals surface area (Å²) in [7, 11) is 0. The Hall–Kier alpha value is -0.650. The molecule has 1 amide bonds. The lowest BCUT2D eigenvalue weighted by atomic mass is 9.95. The van der Waals surface area contributed by atoms with E-state index in [4.69, 9.17) is 0 Å². The van der Waals surface area contributed by atoms with Gasteiger partial charge in [0.25, 0.3) is 0 Å². The molecule has 2 aliphatic rings. The van der Waals surface area contributed by atoms with E-state index in [0.717, 1.165) is 13.1 Å².